The zero-order chi connectivity index (χ0) is 42.0. The first-order valence-corrected chi connectivity index (χ1v) is 17.5. The molecule has 5 aliphatic rings. The molecule has 5 rings (SSSR count). The van der Waals surface area contributed by atoms with Crippen molar-refractivity contribution in [1.82, 2.24) is 0 Å². The van der Waals surface area contributed by atoms with Gasteiger partial charge in [-0.05, 0) is 0 Å². The molecule has 0 radical (unpaired) electrons. The average molecular weight is 829 g/mol. The van der Waals surface area contributed by atoms with Crippen LogP contribution in [0, 0.1) is 0 Å². The number of hydrogen-bond acceptors (Lipinski definition) is 26. The highest BCUT2D eigenvalue weighted by molar-refractivity contribution is 5.29. The number of hydrogen-bond donors (Lipinski definition) is 20. The fourth-order valence-corrected chi connectivity index (χ4v) is 8.25. The van der Waals surface area contributed by atoms with Crippen molar-refractivity contribution in [3.63, 3.8) is 0 Å². The Hall–Kier alpha value is -1.04. The molecule has 0 aliphatic carbocycles. The molecule has 26 heteroatoms. The van der Waals surface area contributed by atoms with Crippen LogP contribution in [0.4, 0.5) is 0 Å². The van der Waals surface area contributed by atoms with E-state index in [-0.39, 0.29) is 0 Å². The average Bonchev–Trinajstić information content (AvgIpc) is 3.18. The van der Waals surface area contributed by atoms with Gasteiger partial charge in [0.2, 0.25) is 5.79 Å². The molecule has 25 atom stereocenters. The van der Waals surface area contributed by atoms with Gasteiger partial charge in [0.1, 0.15) is 128 Å². The maximum Gasteiger partial charge on any atom is 0.231 e. The number of aliphatic hydroxyl groups is 20. The van der Waals surface area contributed by atoms with E-state index in [4.69, 9.17) is 28.4 Å². The molecule has 20 N–H and O–H groups in total. The lowest BCUT2D eigenvalue weighted by Crippen LogP contribution is -2.93. The number of rotatable bonds is 10. The molecule has 0 amide bonds. The summed E-state index contributed by atoms with van der Waals surface area (Å²) in [7, 11) is 0. The molecule has 5 saturated heterocycles. The lowest BCUT2D eigenvalue weighted by atomic mass is 9.58. The second-order valence-corrected chi connectivity index (χ2v) is 14.6. The van der Waals surface area contributed by atoms with E-state index in [1.807, 2.05) is 0 Å². The van der Waals surface area contributed by atoms with E-state index in [9.17, 15) is 102 Å². The van der Waals surface area contributed by atoms with Gasteiger partial charge in [0.25, 0.3) is 0 Å². The van der Waals surface area contributed by atoms with Crippen molar-refractivity contribution < 1.29 is 131 Å². The van der Waals surface area contributed by atoms with E-state index in [1.165, 1.54) is 0 Å². The third-order valence-corrected chi connectivity index (χ3v) is 11.5. The van der Waals surface area contributed by atoms with Gasteiger partial charge in [-0.2, -0.15) is 0 Å². The van der Waals surface area contributed by atoms with Crippen molar-refractivity contribution in [2.75, 3.05) is 33.0 Å². The van der Waals surface area contributed by atoms with Crippen molar-refractivity contribution in [3.05, 3.63) is 0 Å². The lowest BCUT2D eigenvalue weighted by molar-refractivity contribution is -0.501. The topological polar surface area (TPSA) is 460 Å². The molecule has 0 aromatic carbocycles. The Balaban J connectivity index is 1.84. The summed E-state index contributed by atoms with van der Waals surface area (Å²) in [5, 5.41) is 220. The van der Waals surface area contributed by atoms with Crippen LogP contribution in [0.2, 0.25) is 0 Å². The van der Waals surface area contributed by atoms with Crippen molar-refractivity contribution in [2.45, 2.75) is 151 Å². The van der Waals surface area contributed by atoms with Crippen molar-refractivity contribution in [2.24, 2.45) is 0 Å². The lowest BCUT2D eigenvalue weighted by Gasteiger charge is -2.67. The fraction of sp³-hybridized carbons (Fsp3) is 1.00. The van der Waals surface area contributed by atoms with E-state index in [0.717, 1.165) is 0 Å². The summed E-state index contributed by atoms with van der Waals surface area (Å²) in [6, 6.07) is 0. The van der Waals surface area contributed by atoms with Crippen molar-refractivity contribution in [1.29, 1.82) is 0 Å². The molecular formula is C30H52O26. The van der Waals surface area contributed by atoms with Crippen LogP contribution in [0.25, 0.3) is 0 Å². The summed E-state index contributed by atoms with van der Waals surface area (Å²) in [4.78, 5) is 0. The Kier molecular flexibility index (Phi) is 14.1. The molecule has 0 aromatic heterocycles. The van der Waals surface area contributed by atoms with Gasteiger partial charge in [-0.1, -0.05) is 0 Å². The summed E-state index contributed by atoms with van der Waals surface area (Å²) in [5.74, 6) is -4.15. The molecule has 5 aliphatic heterocycles. The summed E-state index contributed by atoms with van der Waals surface area (Å²) in [6.45, 7) is -6.31. The summed E-state index contributed by atoms with van der Waals surface area (Å²) < 4.78 is 33.4. The van der Waals surface area contributed by atoms with Gasteiger partial charge in [0.15, 0.2) is 17.5 Å². The van der Waals surface area contributed by atoms with E-state index >= 15 is 0 Å². The predicted molar refractivity (Wildman–Crippen MR) is 167 cm³/mol. The van der Waals surface area contributed by atoms with Crippen LogP contribution in [-0.2, 0) is 28.4 Å². The highest BCUT2D eigenvalue weighted by atomic mass is 16.7. The molecule has 0 spiro atoms. The third-order valence-electron chi connectivity index (χ3n) is 11.5. The van der Waals surface area contributed by atoms with Crippen LogP contribution >= 0.6 is 0 Å². The summed E-state index contributed by atoms with van der Waals surface area (Å²) in [6.07, 6.45) is -53.1. The highest BCUT2D eigenvalue weighted by Gasteiger charge is 2.84. The highest BCUT2D eigenvalue weighted by Crippen LogP contribution is 2.56. The van der Waals surface area contributed by atoms with Crippen LogP contribution < -0.4 is 0 Å². The molecule has 56 heavy (non-hydrogen) atoms. The standard InChI is InChI=1S/C30H52O26/c31-1-6-11(36)15(40)19(44)24(51-6)28(48)23(55-27-22(47)18(43)14(39)9(4-34)54-27)10(5-35)56-30(50,26-21(46)17(42)13(38)8(3-33)53-26)29(28,49)25-20(45)16(41)12(37)7(2-32)52-25/h6-27,31-50H,1-5H2/t6-,7-,8-,9-,10-,11+,12+,13+,14+,15+,16+,17+,18+,19-,20-,21-,22-,23-,24?,25?,26?,27+,28-,29-,30?/m1/s1. The molecule has 0 bridgehead atoms. The molecule has 0 saturated carbocycles. The maximum absolute atomic E-state index is 13.3. The van der Waals surface area contributed by atoms with Gasteiger partial charge >= 0.3 is 0 Å². The smallest absolute Gasteiger partial charge is 0.231 e. The monoisotopic (exact) mass is 828 g/mol. The first-order chi connectivity index (χ1) is 26.2. The van der Waals surface area contributed by atoms with Crippen LogP contribution in [0.5, 0.6) is 0 Å². The van der Waals surface area contributed by atoms with Crippen molar-refractivity contribution in [3.8, 4) is 0 Å². The minimum atomic E-state index is -4.33. The minimum absolute atomic E-state index is 1.07. The van der Waals surface area contributed by atoms with Crippen LogP contribution in [0.1, 0.15) is 0 Å². The Morgan fingerprint density at radius 2 is 0.714 bits per heavy atom. The zero-order valence-corrected chi connectivity index (χ0v) is 29.1. The first-order valence-electron chi connectivity index (χ1n) is 17.5. The Bertz CT molecular complexity index is 1300. The van der Waals surface area contributed by atoms with E-state index in [2.05, 4.69) is 0 Å². The molecule has 5 heterocycles. The Labute approximate surface area is 315 Å². The summed E-state index contributed by atoms with van der Waals surface area (Å²) >= 11 is 0. The van der Waals surface area contributed by atoms with Gasteiger partial charge in [-0.3, -0.25) is 0 Å². The largest absolute Gasteiger partial charge is 0.394 e. The SMILES string of the molecule is OC[C@H]1O[C@@H](O[C@@H]2[C@@H](CO)OC(O)(C3O[C@H](CO)[C@H](O)[C@H](O)[C@H]3O)[C@@](O)(C3O[C@H](CO)[C@H](O)[C@H](O)[C@H]3O)[C@]2(O)C2O[C@H](CO)[C@H](O)[C@H](O)[C@H]2O)[C@H](O)[C@@H](O)[C@H]1O. The van der Waals surface area contributed by atoms with Gasteiger partial charge in [0, 0.05) is 0 Å². The second-order valence-electron chi connectivity index (χ2n) is 14.6. The van der Waals surface area contributed by atoms with Gasteiger partial charge < -0.3 is 131 Å². The van der Waals surface area contributed by atoms with Crippen LogP contribution in [0.15, 0.2) is 0 Å². The predicted octanol–water partition coefficient (Wildman–Crippen LogP) is -13.8. The first kappa shape index (κ1) is 46.0. The van der Waals surface area contributed by atoms with Crippen LogP contribution in [0.3, 0.4) is 0 Å². The van der Waals surface area contributed by atoms with E-state index < -0.39 is 184 Å². The van der Waals surface area contributed by atoms with Gasteiger partial charge in [-0.25, -0.2) is 0 Å². The third kappa shape index (κ3) is 6.90. The van der Waals surface area contributed by atoms with Gasteiger partial charge in [0.05, 0.1) is 33.0 Å². The molecular weight excluding hydrogens is 776 g/mol. The minimum Gasteiger partial charge on any atom is -0.394 e. The second kappa shape index (κ2) is 17.1. The normalized spacial score (nSPS) is 57.2. The molecule has 328 valence electrons. The molecule has 5 fully saturated rings. The fourth-order valence-electron chi connectivity index (χ4n) is 8.25. The number of ether oxygens (including phenoxy) is 6. The molecule has 4 unspecified atom stereocenters. The maximum atomic E-state index is 13.3. The van der Waals surface area contributed by atoms with E-state index in [1.54, 1.807) is 0 Å². The summed E-state index contributed by atoms with van der Waals surface area (Å²) in [5.41, 5.74) is -8.44. The zero-order valence-electron chi connectivity index (χ0n) is 29.1. The van der Waals surface area contributed by atoms with Crippen LogP contribution in [-0.4, -0.2) is 287 Å². The number of aliphatic hydroxyl groups excluding tert-OH is 17. The van der Waals surface area contributed by atoms with Crippen molar-refractivity contribution >= 4 is 0 Å². The Morgan fingerprint density at radius 1 is 0.375 bits per heavy atom. The molecule has 0 aromatic rings. The van der Waals surface area contributed by atoms with Gasteiger partial charge in [-0.15, -0.1) is 0 Å². The van der Waals surface area contributed by atoms with E-state index in [0.29, 0.717) is 0 Å². The quantitative estimate of drug-likeness (QED) is 0.0972. The molecule has 26 nitrogen and oxygen atoms in total. The Morgan fingerprint density at radius 3 is 1.14 bits per heavy atom.